The topological polar surface area (TPSA) is 35.2 Å². The number of nitrogens with zero attached hydrogens (tertiary/aromatic N) is 4. The van der Waals surface area contributed by atoms with Crippen molar-refractivity contribution in [2.75, 3.05) is 20.2 Å². The Hall–Kier alpha value is -2.27. The van der Waals surface area contributed by atoms with Crippen LogP contribution in [0.5, 0.6) is 5.75 Å². The summed E-state index contributed by atoms with van der Waals surface area (Å²) in [6.07, 6.45) is 6.58. The lowest BCUT2D eigenvalue weighted by atomic mass is 9.97. The van der Waals surface area contributed by atoms with E-state index in [0.717, 1.165) is 31.2 Å². The van der Waals surface area contributed by atoms with Crippen molar-refractivity contribution >= 4 is 10.9 Å². The maximum Gasteiger partial charge on any atom is 0.119 e. The second kappa shape index (κ2) is 7.39. The zero-order chi connectivity index (χ0) is 19.0. The molecule has 3 heterocycles. The molecule has 1 aromatic carbocycles. The number of hydrogen-bond acceptors (Lipinski definition) is 3. The molecule has 144 valence electrons. The Morgan fingerprint density at radius 3 is 2.85 bits per heavy atom. The van der Waals surface area contributed by atoms with E-state index in [4.69, 9.17) is 4.74 Å². The summed E-state index contributed by atoms with van der Waals surface area (Å²) >= 11 is 0. The molecule has 4 rings (SSSR count). The highest BCUT2D eigenvalue weighted by Gasteiger charge is 2.23. The monoisotopic (exact) mass is 366 g/mol. The van der Waals surface area contributed by atoms with E-state index in [1.54, 1.807) is 7.11 Å². The van der Waals surface area contributed by atoms with Crippen LogP contribution in [0.1, 0.15) is 29.9 Å². The Morgan fingerprint density at radius 2 is 2.11 bits per heavy atom. The molecule has 5 heteroatoms. The minimum Gasteiger partial charge on any atom is -0.497 e. The summed E-state index contributed by atoms with van der Waals surface area (Å²) < 4.78 is 10.1. The summed E-state index contributed by atoms with van der Waals surface area (Å²) in [5, 5.41) is 1.32. The van der Waals surface area contributed by atoms with Crippen molar-refractivity contribution in [3.63, 3.8) is 0 Å². The number of fused-ring (bicyclic) bond motifs is 1. The molecule has 0 spiro atoms. The fourth-order valence-electron chi connectivity index (χ4n) is 4.50. The van der Waals surface area contributed by atoms with Crippen LogP contribution in [0.3, 0.4) is 0 Å². The van der Waals surface area contributed by atoms with Crippen LogP contribution in [-0.2, 0) is 20.1 Å². The number of likely N-dealkylation sites (tertiary alicyclic amines) is 1. The number of aryl methyl sites for hydroxylation is 2. The average Bonchev–Trinajstić information content (AvgIpc) is 3.18. The molecule has 1 saturated heterocycles. The molecule has 0 amide bonds. The molecule has 3 aromatic rings. The smallest absolute Gasteiger partial charge is 0.119 e. The highest BCUT2D eigenvalue weighted by Crippen LogP contribution is 2.31. The van der Waals surface area contributed by atoms with E-state index in [2.05, 4.69) is 64.3 Å². The van der Waals surface area contributed by atoms with Crippen LogP contribution < -0.4 is 4.74 Å². The molecule has 0 saturated carbocycles. The fourth-order valence-corrected chi connectivity index (χ4v) is 4.50. The van der Waals surface area contributed by atoms with Crippen molar-refractivity contribution < 1.29 is 4.74 Å². The lowest BCUT2D eigenvalue weighted by Gasteiger charge is -2.33. The zero-order valence-electron chi connectivity index (χ0n) is 16.9. The van der Waals surface area contributed by atoms with Crippen LogP contribution >= 0.6 is 0 Å². The second-order valence-electron chi connectivity index (χ2n) is 7.88. The van der Waals surface area contributed by atoms with Crippen LogP contribution in [0.2, 0.25) is 0 Å². The molecule has 1 atom stereocenters. The third kappa shape index (κ3) is 3.48. The van der Waals surface area contributed by atoms with Crippen LogP contribution in [-0.4, -0.2) is 39.2 Å². The minimum atomic E-state index is 0.691. The predicted molar refractivity (Wildman–Crippen MR) is 109 cm³/mol. The van der Waals surface area contributed by atoms with E-state index in [0.29, 0.717) is 5.92 Å². The normalized spacial score (nSPS) is 18.3. The average molecular weight is 367 g/mol. The van der Waals surface area contributed by atoms with Gasteiger partial charge in [-0.15, -0.1) is 0 Å². The van der Waals surface area contributed by atoms with Crippen LogP contribution in [0, 0.1) is 19.8 Å². The Balaban J connectivity index is 1.54. The lowest BCUT2D eigenvalue weighted by Crippen LogP contribution is -2.36. The number of ether oxygens (including phenoxy) is 1. The lowest BCUT2D eigenvalue weighted by molar-refractivity contribution is 0.155. The first-order valence-corrected chi connectivity index (χ1v) is 9.88. The number of rotatable bonds is 5. The van der Waals surface area contributed by atoms with Gasteiger partial charge in [0.1, 0.15) is 11.6 Å². The molecule has 5 nitrogen and oxygen atoms in total. The SMILES string of the molecule is COc1ccc2c(c1)c(CN1CCCC(Cn3ccnc3C)C1)c(C)n2C. The van der Waals surface area contributed by atoms with Crippen molar-refractivity contribution in [2.24, 2.45) is 13.0 Å². The largest absolute Gasteiger partial charge is 0.497 e. The fraction of sp³-hybridized carbons (Fsp3) is 0.500. The summed E-state index contributed by atoms with van der Waals surface area (Å²) in [7, 11) is 3.90. The van der Waals surface area contributed by atoms with Gasteiger partial charge in [0.2, 0.25) is 0 Å². The van der Waals surface area contributed by atoms with Gasteiger partial charge in [-0.2, -0.15) is 0 Å². The molecule has 27 heavy (non-hydrogen) atoms. The first-order valence-electron chi connectivity index (χ1n) is 9.88. The summed E-state index contributed by atoms with van der Waals surface area (Å²) in [6, 6.07) is 6.41. The van der Waals surface area contributed by atoms with E-state index >= 15 is 0 Å². The summed E-state index contributed by atoms with van der Waals surface area (Å²) in [4.78, 5) is 7.00. The highest BCUT2D eigenvalue weighted by molar-refractivity contribution is 5.86. The Bertz CT molecular complexity index is 939. The number of piperidine rings is 1. The minimum absolute atomic E-state index is 0.691. The molecule has 0 bridgehead atoms. The van der Waals surface area contributed by atoms with E-state index in [-0.39, 0.29) is 0 Å². The molecule has 0 aliphatic carbocycles. The van der Waals surface area contributed by atoms with Gasteiger partial charge in [-0.3, -0.25) is 4.90 Å². The van der Waals surface area contributed by atoms with Gasteiger partial charge >= 0.3 is 0 Å². The molecule has 1 aliphatic heterocycles. The van der Waals surface area contributed by atoms with E-state index in [1.165, 1.54) is 41.5 Å². The van der Waals surface area contributed by atoms with Crippen molar-refractivity contribution in [2.45, 2.75) is 39.8 Å². The molecule has 1 unspecified atom stereocenters. The summed E-state index contributed by atoms with van der Waals surface area (Å²) in [5.74, 6) is 2.74. The van der Waals surface area contributed by atoms with E-state index in [1.807, 2.05) is 6.20 Å². The van der Waals surface area contributed by atoms with Crippen molar-refractivity contribution in [1.29, 1.82) is 0 Å². The van der Waals surface area contributed by atoms with Gasteiger partial charge in [0.15, 0.2) is 0 Å². The predicted octanol–water partition coefficient (Wildman–Crippen LogP) is 3.91. The standard InChI is InChI=1S/C22H30N4O/c1-16-21(20-12-19(27-4)7-8-22(20)24(16)3)15-25-10-5-6-18(13-25)14-26-11-9-23-17(26)2/h7-9,11-12,18H,5-6,10,13-15H2,1-4H3. The van der Waals surface area contributed by atoms with Gasteiger partial charge in [-0.05, 0) is 62.9 Å². The van der Waals surface area contributed by atoms with Crippen LogP contribution in [0.15, 0.2) is 30.6 Å². The molecular formula is C22H30N4O. The number of benzene rings is 1. The molecule has 0 N–H and O–H groups in total. The quantitative estimate of drug-likeness (QED) is 0.687. The Kier molecular flexibility index (Phi) is 4.96. The highest BCUT2D eigenvalue weighted by atomic mass is 16.5. The number of imidazole rings is 1. The van der Waals surface area contributed by atoms with Crippen LogP contribution in [0.25, 0.3) is 10.9 Å². The molecule has 0 radical (unpaired) electrons. The molecule has 1 fully saturated rings. The molecular weight excluding hydrogens is 336 g/mol. The van der Waals surface area contributed by atoms with Gasteiger partial charge in [-0.25, -0.2) is 4.98 Å². The maximum atomic E-state index is 5.47. The molecule has 1 aliphatic rings. The van der Waals surface area contributed by atoms with Crippen molar-refractivity contribution in [1.82, 2.24) is 19.0 Å². The first kappa shape index (κ1) is 18.1. The third-order valence-corrected chi connectivity index (χ3v) is 6.19. The van der Waals surface area contributed by atoms with Gasteiger partial charge in [0.25, 0.3) is 0 Å². The van der Waals surface area contributed by atoms with Crippen LogP contribution in [0.4, 0.5) is 0 Å². The Morgan fingerprint density at radius 1 is 1.26 bits per heavy atom. The van der Waals surface area contributed by atoms with Gasteiger partial charge in [0, 0.05) is 55.7 Å². The zero-order valence-corrected chi connectivity index (χ0v) is 16.9. The van der Waals surface area contributed by atoms with E-state index < -0.39 is 0 Å². The second-order valence-corrected chi connectivity index (χ2v) is 7.88. The van der Waals surface area contributed by atoms with Crippen molar-refractivity contribution in [3.05, 3.63) is 47.7 Å². The maximum absolute atomic E-state index is 5.47. The molecule has 2 aromatic heterocycles. The van der Waals surface area contributed by atoms with Crippen molar-refractivity contribution in [3.8, 4) is 5.75 Å². The van der Waals surface area contributed by atoms with Gasteiger partial charge in [0.05, 0.1) is 7.11 Å². The summed E-state index contributed by atoms with van der Waals surface area (Å²) in [5.41, 5.74) is 4.07. The Labute approximate surface area is 161 Å². The first-order chi connectivity index (χ1) is 13.1. The number of methoxy groups -OCH3 is 1. The third-order valence-electron chi connectivity index (χ3n) is 6.19. The van der Waals surface area contributed by atoms with Gasteiger partial charge < -0.3 is 13.9 Å². The summed E-state index contributed by atoms with van der Waals surface area (Å²) in [6.45, 7) is 8.74. The number of aromatic nitrogens is 3. The van der Waals surface area contributed by atoms with Gasteiger partial charge in [-0.1, -0.05) is 0 Å². The number of hydrogen-bond donors (Lipinski definition) is 0. The van der Waals surface area contributed by atoms with E-state index in [9.17, 15) is 0 Å².